The Bertz CT molecular complexity index is 1480. The van der Waals surface area contributed by atoms with Gasteiger partial charge in [0.05, 0.1) is 23.4 Å². The lowest BCUT2D eigenvalue weighted by Gasteiger charge is -2.40. The summed E-state index contributed by atoms with van der Waals surface area (Å²) < 4.78 is 14.1. The number of tetrazole rings is 1. The molecule has 2 aromatic carbocycles. The molecule has 1 fully saturated rings. The minimum absolute atomic E-state index is 0.0469. The van der Waals surface area contributed by atoms with E-state index in [0.717, 1.165) is 27.6 Å². The number of hydrogen-bond acceptors (Lipinski definition) is 6. The number of urea groups is 2. The van der Waals surface area contributed by atoms with Crippen LogP contribution in [0.5, 0.6) is 0 Å². The number of H-pyrrole nitrogens is 2. The van der Waals surface area contributed by atoms with Crippen LogP contribution >= 0.6 is 0 Å². The van der Waals surface area contributed by atoms with Gasteiger partial charge in [-0.25, -0.2) is 19.1 Å². The number of likely N-dealkylation sites (tertiary alicyclic amines) is 1. The van der Waals surface area contributed by atoms with Gasteiger partial charge in [-0.3, -0.25) is 5.10 Å². The third-order valence-electron chi connectivity index (χ3n) is 7.36. The van der Waals surface area contributed by atoms with Gasteiger partial charge in [-0.05, 0) is 59.0 Å². The van der Waals surface area contributed by atoms with Crippen molar-refractivity contribution in [2.45, 2.75) is 44.8 Å². The predicted molar refractivity (Wildman–Crippen MR) is 136 cm³/mol. The summed E-state index contributed by atoms with van der Waals surface area (Å²) in [5.41, 5.74) is 4.06. The third kappa shape index (κ3) is 4.51. The van der Waals surface area contributed by atoms with Gasteiger partial charge in [-0.15, -0.1) is 5.10 Å². The van der Waals surface area contributed by atoms with E-state index < -0.39 is 11.9 Å². The molecule has 4 heterocycles. The number of carbonyl (C=O) groups is 2. The van der Waals surface area contributed by atoms with Gasteiger partial charge in [0.25, 0.3) is 0 Å². The number of aromatic amines is 2. The van der Waals surface area contributed by atoms with Gasteiger partial charge in [0.15, 0.2) is 5.82 Å². The smallest absolute Gasteiger partial charge is 0.322 e. The molecule has 0 saturated carbocycles. The highest BCUT2D eigenvalue weighted by atomic mass is 19.1. The molecule has 13 heteroatoms. The van der Waals surface area contributed by atoms with Gasteiger partial charge in [0.1, 0.15) is 5.82 Å². The maximum atomic E-state index is 14.1. The van der Waals surface area contributed by atoms with Crippen LogP contribution < -0.4 is 10.6 Å². The number of fused-ring (bicyclic) bond motifs is 2. The molecule has 0 aliphatic carbocycles. The van der Waals surface area contributed by atoms with Crippen LogP contribution in [0.1, 0.15) is 41.4 Å². The van der Waals surface area contributed by atoms with E-state index in [1.165, 1.54) is 6.07 Å². The molecule has 2 aliphatic rings. The number of halogens is 1. The van der Waals surface area contributed by atoms with E-state index in [9.17, 15) is 14.0 Å². The maximum absolute atomic E-state index is 14.1. The molecule has 1 unspecified atom stereocenters. The Morgan fingerprint density at radius 1 is 1.24 bits per heavy atom. The number of para-hydroxylation sites is 1. The van der Waals surface area contributed by atoms with Crippen molar-refractivity contribution in [3.63, 3.8) is 0 Å². The number of rotatable bonds is 5. The van der Waals surface area contributed by atoms with Crippen molar-refractivity contribution in [2.75, 3.05) is 18.4 Å². The van der Waals surface area contributed by atoms with Crippen LogP contribution in [0.25, 0.3) is 10.9 Å². The molecule has 4 N–H and O–H groups in total. The minimum Gasteiger partial charge on any atom is -0.328 e. The Hall–Kier alpha value is -4.55. The Balaban J connectivity index is 1.11. The van der Waals surface area contributed by atoms with Gasteiger partial charge in [-0.1, -0.05) is 18.2 Å². The molecular weight excluding hydrogens is 491 g/mol. The fraction of sp³-hybridized carbons (Fsp3) is 0.360. The fourth-order valence-electron chi connectivity index (χ4n) is 5.39. The molecule has 0 radical (unpaired) electrons. The highest BCUT2D eigenvalue weighted by Crippen LogP contribution is 2.30. The van der Waals surface area contributed by atoms with Gasteiger partial charge >= 0.3 is 12.1 Å². The number of aryl methyl sites for hydroxylation is 1. The van der Waals surface area contributed by atoms with Crippen LogP contribution in [-0.2, 0) is 13.0 Å². The first-order valence-electron chi connectivity index (χ1n) is 12.5. The highest BCUT2D eigenvalue weighted by molar-refractivity contribution is 5.92. The summed E-state index contributed by atoms with van der Waals surface area (Å²) in [7, 11) is 0. The standard InChI is InChI=1S/C25H27FN10O2/c1-14-9-15(10-17-12-27-30-21(14)17)11-20(23-31-33-34-32-23)28-24(37)35-7-5-18(6-8-35)36-13-16-3-2-4-19(26)22(16)29-25(36)38/h2-4,9-10,12,18,20H,5-8,11,13H2,1H3,(H,27,30)(H,28,37)(H,29,38)(H,31,32,33,34). The lowest BCUT2D eigenvalue weighted by atomic mass is 10.00. The summed E-state index contributed by atoms with van der Waals surface area (Å²) in [6.07, 6.45) is 3.51. The van der Waals surface area contributed by atoms with Crippen molar-refractivity contribution in [2.24, 2.45) is 0 Å². The summed E-state index contributed by atoms with van der Waals surface area (Å²) in [6.45, 7) is 3.32. The van der Waals surface area contributed by atoms with E-state index in [1.807, 2.05) is 19.1 Å². The van der Waals surface area contributed by atoms with Crippen LogP contribution in [0.4, 0.5) is 19.7 Å². The second kappa shape index (κ2) is 9.72. The molecule has 0 bridgehead atoms. The van der Waals surface area contributed by atoms with Crippen molar-refractivity contribution >= 4 is 28.7 Å². The Morgan fingerprint density at radius 2 is 2.08 bits per heavy atom. The number of hydrogen-bond donors (Lipinski definition) is 4. The number of benzene rings is 2. The largest absolute Gasteiger partial charge is 0.328 e. The van der Waals surface area contributed by atoms with Crippen LogP contribution in [0.15, 0.2) is 36.5 Å². The Kier molecular flexibility index (Phi) is 6.10. The van der Waals surface area contributed by atoms with E-state index in [-0.39, 0.29) is 23.8 Å². The lowest BCUT2D eigenvalue weighted by Crippen LogP contribution is -2.53. The van der Waals surface area contributed by atoms with E-state index in [4.69, 9.17) is 0 Å². The topological polar surface area (TPSA) is 148 Å². The maximum Gasteiger partial charge on any atom is 0.322 e. The monoisotopic (exact) mass is 518 g/mol. The summed E-state index contributed by atoms with van der Waals surface area (Å²) in [6, 6.07) is 7.85. The molecule has 1 atom stereocenters. The van der Waals surface area contributed by atoms with E-state index in [1.54, 1.807) is 22.1 Å². The Morgan fingerprint density at radius 3 is 2.87 bits per heavy atom. The zero-order valence-corrected chi connectivity index (χ0v) is 20.7. The van der Waals surface area contributed by atoms with Gasteiger partial charge in [0.2, 0.25) is 0 Å². The van der Waals surface area contributed by atoms with Crippen LogP contribution in [0.2, 0.25) is 0 Å². The zero-order valence-electron chi connectivity index (χ0n) is 20.7. The number of nitrogens with one attached hydrogen (secondary N) is 4. The van der Waals surface area contributed by atoms with Gasteiger partial charge in [-0.2, -0.15) is 5.10 Å². The number of piperidine rings is 1. The summed E-state index contributed by atoms with van der Waals surface area (Å²) in [5.74, 6) is 0.0346. The second-order valence-corrected chi connectivity index (χ2v) is 9.79. The van der Waals surface area contributed by atoms with Crippen molar-refractivity contribution in [3.05, 3.63) is 64.9 Å². The van der Waals surface area contributed by atoms with E-state index in [2.05, 4.69) is 47.5 Å². The molecule has 0 spiro atoms. The predicted octanol–water partition coefficient (Wildman–Crippen LogP) is 3.03. The third-order valence-corrected chi connectivity index (χ3v) is 7.36. The summed E-state index contributed by atoms with van der Waals surface area (Å²) in [5, 5.41) is 28.1. The first-order valence-corrected chi connectivity index (χ1v) is 12.5. The fourth-order valence-corrected chi connectivity index (χ4v) is 5.39. The SMILES string of the molecule is Cc1cc(CC(NC(=O)N2CCC(N3Cc4cccc(F)c4NC3=O)CC2)c2nnn[nH]2)cc2cn[nH]c12. The zero-order chi connectivity index (χ0) is 26.2. The van der Waals surface area contributed by atoms with Gasteiger partial charge < -0.3 is 20.4 Å². The number of nitrogens with zero attached hydrogens (tertiary/aromatic N) is 6. The summed E-state index contributed by atoms with van der Waals surface area (Å²) >= 11 is 0. The average molecular weight is 519 g/mol. The van der Waals surface area contributed by atoms with Crippen molar-refractivity contribution < 1.29 is 14.0 Å². The molecule has 4 aromatic rings. The molecule has 6 rings (SSSR count). The van der Waals surface area contributed by atoms with E-state index in [0.29, 0.717) is 44.7 Å². The first kappa shape index (κ1) is 23.8. The van der Waals surface area contributed by atoms with Crippen molar-refractivity contribution in [1.29, 1.82) is 0 Å². The van der Waals surface area contributed by atoms with Gasteiger partial charge in [0, 0.05) is 37.5 Å². The molecule has 1 saturated heterocycles. The number of anilines is 1. The lowest BCUT2D eigenvalue weighted by molar-refractivity contribution is 0.126. The summed E-state index contributed by atoms with van der Waals surface area (Å²) in [4.78, 5) is 29.4. The van der Waals surface area contributed by atoms with Crippen LogP contribution in [-0.4, -0.2) is 71.8 Å². The van der Waals surface area contributed by atoms with Crippen molar-refractivity contribution in [3.8, 4) is 0 Å². The average Bonchev–Trinajstić information content (AvgIpc) is 3.62. The molecule has 196 valence electrons. The molecule has 2 aromatic heterocycles. The number of carbonyl (C=O) groups excluding carboxylic acids is 2. The quantitative estimate of drug-likeness (QED) is 0.319. The van der Waals surface area contributed by atoms with E-state index >= 15 is 0 Å². The molecule has 38 heavy (non-hydrogen) atoms. The Labute approximate surface area is 217 Å². The highest BCUT2D eigenvalue weighted by Gasteiger charge is 2.34. The van der Waals surface area contributed by atoms with Crippen LogP contribution in [0.3, 0.4) is 0 Å². The normalized spacial score (nSPS) is 16.8. The number of amides is 4. The second-order valence-electron chi connectivity index (χ2n) is 9.79. The molecule has 2 aliphatic heterocycles. The first-order chi connectivity index (χ1) is 18.5. The van der Waals surface area contributed by atoms with Crippen molar-refractivity contribution in [1.82, 2.24) is 45.9 Å². The van der Waals surface area contributed by atoms with Crippen LogP contribution in [0, 0.1) is 12.7 Å². The molecule has 4 amide bonds. The minimum atomic E-state index is -0.460. The molecule has 12 nitrogen and oxygen atoms in total. The number of aromatic nitrogens is 6. The molecular formula is C25H27FN10O2.